The van der Waals surface area contributed by atoms with Gasteiger partial charge in [-0.1, -0.05) is 35.3 Å². The second kappa shape index (κ2) is 10.2. The average molecular weight is 496 g/mol. The number of rotatable bonds is 6. The Hall–Kier alpha value is -2.15. The molecule has 1 saturated heterocycles. The van der Waals surface area contributed by atoms with Crippen LogP contribution in [-0.4, -0.2) is 56.4 Å². The first kappa shape index (κ1) is 24.5. The van der Waals surface area contributed by atoms with Crippen LogP contribution in [0.4, 0.5) is 0 Å². The van der Waals surface area contributed by atoms with Gasteiger partial charge < -0.3 is 9.64 Å². The lowest BCUT2D eigenvalue weighted by molar-refractivity contribution is 0.0701. The summed E-state index contributed by atoms with van der Waals surface area (Å²) >= 11 is 12.6. The quantitative estimate of drug-likeness (QED) is 0.601. The molecule has 32 heavy (non-hydrogen) atoms. The lowest BCUT2D eigenvalue weighted by Crippen LogP contribution is -2.40. The van der Waals surface area contributed by atoms with Gasteiger partial charge in [0.25, 0.3) is 5.91 Å². The molecule has 0 aliphatic carbocycles. The lowest BCUT2D eigenvalue weighted by atomic mass is 10.0. The highest BCUT2D eigenvalue weighted by molar-refractivity contribution is 7.89. The molecule has 1 aliphatic heterocycles. The molecular formula is C22H23Cl2N3O4S. The number of carbonyl (C=O) groups is 1. The summed E-state index contributed by atoms with van der Waals surface area (Å²) in [5.41, 5.74) is 1.42. The molecule has 1 unspecified atom stereocenters. The number of amides is 1. The minimum atomic E-state index is -3.92. The molecule has 0 radical (unpaired) electrons. The summed E-state index contributed by atoms with van der Waals surface area (Å²) in [6.45, 7) is 5.06. The lowest BCUT2D eigenvalue weighted by Gasteiger charge is -2.30. The van der Waals surface area contributed by atoms with Crippen molar-refractivity contribution in [1.82, 2.24) is 9.21 Å². The van der Waals surface area contributed by atoms with Crippen LogP contribution in [0.15, 0.2) is 41.3 Å². The van der Waals surface area contributed by atoms with Crippen LogP contribution in [0.3, 0.4) is 0 Å². The van der Waals surface area contributed by atoms with E-state index in [2.05, 4.69) is 6.07 Å². The molecule has 0 N–H and O–H groups in total. The molecule has 0 aromatic heterocycles. The minimum absolute atomic E-state index is 0.0405. The zero-order valence-electron chi connectivity index (χ0n) is 17.7. The van der Waals surface area contributed by atoms with E-state index in [-0.39, 0.29) is 39.6 Å². The number of hydrogen-bond donors (Lipinski definition) is 0. The number of benzene rings is 2. The van der Waals surface area contributed by atoms with Crippen LogP contribution >= 0.6 is 23.2 Å². The number of carbonyl (C=O) groups excluding carboxylic acids is 1. The van der Waals surface area contributed by atoms with E-state index in [4.69, 9.17) is 33.2 Å². The van der Waals surface area contributed by atoms with Crippen molar-refractivity contribution in [2.75, 3.05) is 32.8 Å². The SMILES string of the molecule is CCN(C(=O)c1cc(S(=O)(=O)N2CCOCC2)c(Cl)cc1Cl)C(C)c1ccc(C#N)cc1. The number of halogens is 2. The predicted octanol–water partition coefficient (Wildman–Crippen LogP) is 4.11. The van der Waals surface area contributed by atoms with Crippen LogP contribution in [0.25, 0.3) is 0 Å². The fraction of sp³-hybridized carbons (Fsp3) is 0.364. The fourth-order valence-electron chi connectivity index (χ4n) is 3.58. The van der Waals surface area contributed by atoms with E-state index in [0.29, 0.717) is 25.3 Å². The Bertz CT molecular complexity index is 1140. The van der Waals surface area contributed by atoms with Gasteiger partial charge in [-0.3, -0.25) is 4.79 Å². The maximum absolute atomic E-state index is 13.4. The first-order valence-corrected chi connectivity index (χ1v) is 12.3. The third-order valence-electron chi connectivity index (χ3n) is 5.43. The monoisotopic (exact) mass is 495 g/mol. The zero-order chi connectivity index (χ0) is 23.5. The van der Waals surface area contributed by atoms with Gasteiger partial charge in [-0.15, -0.1) is 0 Å². The van der Waals surface area contributed by atoms with Crippen molar-refractivity contribution in [2.45, 2.75) is 24.8 Å². The molecule has 7 nitrogen and oxygen atoms in total. The standard InChI is InChI=1S/C22H23Cl2N3O4S/c1-3-27(15(2)17-6-4-16(14-25)5-7-17)22(28)18-12-21(20(24)13-19(18)23)32(29,30)26-8-10-31-11-9-26/h4-7,12-13,15H,3,8-11H2,1-2H3. The molecule has 3 rings (SSSR count). The Labute approximate surface area is 198 Å². The highest BCUT2D eigenvalue weighted by Gasteiger charge is 2.31. The summed E-state index contributed by atoms with van der Waals surface area (Å²) in [5.74, 6) is -0.413. The molecule has 170 valence electrons. The highest BCUT2D eigenvalue weighted by atomic mass is 35.5. The molecule has 1 atom stereocenters. The molecule has 1 aliphatic rings. The summed E-state index contributed by atoms with van der Waals surface area (Å²) in [5, 5.41) is 9.03. The summed E-state index contributed by atoms with van der Waals surface area (Å²) in [6, 6.07) is 11.2. The van der Waals surface area contributed by atoms with Crippen LogP contribution < -0.4 is 0 Å². The van der Waals surface area contributed by atoms with Gasteiger partial charge in [0.1, 0.15) is 4.90 Å². The van der Waals surface area contributed by atoms with Gasteiger partial charge in [0, 0.05) is 19.6 Å². The van der Waals surface area contributed by atoms with Gasteiger partial charge in [0.05, 0.1) is 46.5 Å². The maximum atomic E-state index is 13.4. The van der Waals surface area contributed by atoms with Gasteiger partial charge >= 0.3 is 0 Å². The molecule has 0 spiro atoms. The number of hydrogen-bond acceptors (Lipinski definition) is 5. The van der Waals surface area contributed by atoms with Gasteiger partial charge in [0.2, 0.25) is 10.0 Å². The second-order valence-electron chi connectivity index (χ2n) is 7.28. The maximum Gasteiger partial charge on any atom is 0.255 e. The van der Waals surface area contributed by atoms with Gasteiger partial charge in [0.15, 0.2) is 0 Å². The van der Waals surface area contributed by atoms with E-state index in [9.17, 15) is 13.2 Å². The van der Waals surface area contributed by atoms with Crippen molar-refractivity contribution in [3.63, 3.8) is 0 Å². The van der Waals surface area contributed by atoms with Gasteiger partial charge in [-0.2, -0.15) is 9.57 Å². The Morgan fingerprint density at radius 2 is 1.81 bits per heavy atom. The molecule has 1 heterocycles. The summed E-state index contributed by atoms with van der Waals surface area (Å²) in [4.78, 5) is 14.8. The number of nitriles is 1. The molecule has 0 bridgehead atoms. The van der Waals surface area contributed by atoms with Crippen molar-refractivity contribution in [1.29, 1.82) is 5.26 Å². The first-order chi connectivity index (χ1) is 15.2. The van der Waals surface area contributed by atoms with Crippen LogP contribution in [0, 0.1) is 11.3 Å². The number of sulfonamides is 1. The molecule has 1 amide bonds. The summed E-state index contributed by atoms with van der Waals surface area (Å²) in [6.07, 6.45) is 0. The van der Waals surface area contributed by atoms with E-state index >= 15 is 0 Å². The number of morpholine rings is 1. The summed E-state index contributed by atoms with van der Waals surface area (Å²) in [7, 11) is -3.92. The number of nitrogens with zero attached hydrogens (tertiary/aromatic N) is 3. The Morgan fingerprint density at radius 3 is 2.38 bits per heavy atom. The Balaban J connectivity index is 1.97. The fourth-order valence-corrected chi connectivity index (χ4v) is 5.82. The zero-order valence-corrected chi connectivity index (χ0v) is 20.0. The van der Waals surface area contributed by atoms with Crippen molar-refractivity contribution in [2.24, 2.45) is 0 Å². The first-order valence-electron chi connectivity index (χ1n) is 10.1. The molecule has 1 fully saturated rings. The van der Waals surface area contributed by atoms with Crippen molar-refractivity contribution in [3.8, 4) is 6.07 Å². The smallest absolute Gasteiger partial charge is 0.255 e. The van der Waals surface area contributed by atoms with Crippen LogP contribution in [-0.2, 0) is 14.8 Å². The van der Waals surface area contributed by atoms with E-state index in [1.54, 1.807) is 29.2 Å². The molecular weight excluding hydrogens is 473 g/mol. The van der Waals surface area contributed by atoms with E-state index in [1.807, 2.05) is 13.8 Å². The van der Waals surface area contributed by atoms with Gasteiger partial charge in [-0.05, 0) is 43.7 Å². The van der Waals surface area contributed by atoms with Crippen molar-refractivity contribution < 1.29 is 17.9 Å². The molecule has 10 heteroatoms. The van der Waals surface area contributed by atoms with Crippen LogP contribution in [0.5, 0.6) is 0 Å². The van der Waals surface area contributed by atoms with Crippen LogP contribution in [0.2, 0.25) is 10.0 Å². The Kier molecular flexibility index (Phi) is 7.80. The molecule has 0 saturated carbocycles. The topological polar surface area (TPSA) is 90.7 Å². The number of ether oxygens (including phenoxy) is 1. The Morgan fingerprint density at radius 1 is 1.19 bits per heavy atom. The summed E-state index contributed by atoms with van der Waals surface area (Å²) < 4.78 is 32.8. The highest BCUT2D eigenvalue weighted by Crippen LogP contribution is 2.33. The largest absolute Gasteiger partial charge is 0.379 e. The van der Waals surface area contributed by atoms with E-state index in [0.717, 1.165) is 5.56 Å². The molecule has 2 aromatic carbocycles. The van der Waals surface area contributed by atoms with Crippen molar-refractivity contribution in [3.05, 3.63) is 63.1 Å². The van der Waals surface area contributed by atoms with Crippen LogP contribution in [0.1, 0.15) is 41.4 Å². The third kappa shape index (κ3) is 4.92. The van der Waals surface area contributed by atoms with E-state index < -0.39 is 15.9 Å². The third-order valence-corrected chi connectivity index (χ3v) is 8.11. The minimum Gasteiger partial charge on any atom is -0.379 e. The predicted molar refractivity (Wildman–Crippen MR) is 122 cm³/mol. The molecule has 2 aromatic rings. The van der Waals surface area contributed by atoms with Crippen molar-refractivity contribution >= 4 is 39.1 Å². The van der Waals surface area contributed by atoms with E-state index in [1.165, 1.54) is 16.4 Å². The van der Waals surface area contributed by atoms with Gasteiger partial charge in [-0.25, -0.2) is 8.42 Å². The average Bonchev–Trinajstić information content (AvgIpc) is 2.79. The normalized spacial score (nSPS) is 15.7. The second-order valence-corrected chi connectivity index (χ2v) is 10.0.